The first-order valence-electron chi connectivity index (χ1n) is 7.12. The summed E-state index contributed by atoms with van der Waals surface area (Å²) in [4.78, 5) is 0. The summed E-state index contributed by atoms with van der Waals surface area (Å²) in [5.74, 6) is 1.92. The van der Waals surface area contributed by atoms with E-state index in [9.17, 15) is 0 Å². The van der Waals surface area contributed by atoms with E-state index in [2.05, 4.69) is 13.1 Å². The lowest BCUT2D eigenvalue weighted by atomic mass is 10.0. The average Bonchev–Trinajstić information content (AvgIpc) is 3.01. The molecule has 0 heterocycles. The molecule has 0 radical (unpaired) electrons. The monoisotopic (exact) mass is 288 g/mol. The van der Waals surface area contributed by atoms with Crippen molar-refractivity contribution in [1.82, 2.24) is 0 Å². The molecule has 0 spiro atoms. The summed E-state index contributed by atoms with van der Waals surface area (Å²) in [6, 6.07) is 0. The predicted molar refractivity (Wildman–Crippen MR) is 78.3 cm³/mol. The molecule has 0 aromatic carbocycles. The van der Waals surface area contributed by atoms with E-state index in [0.717, 1.165) is 23.0 Å². The Morgan fingerprint density at radius 3 is 2.00 bits per heavy atom. The largest absolute Gasteiger partial charge is 0.420 e. The summed E-state index contributed by atoms with van der Waals surface area (Å²) in [5.41, 5.74) is 1.90. The van der Waals surface area contributed by atoms with Crippen molar-refractivity contribution in [2.75, 3.05) is 21.3 Å². The Morgan fingerprint density at radius 1 is 0.944 bits per heavy atom. The zero-order valence-corrected chi connectivity index (χ0v) is 14.5. The Morgan fingerprint density at radius 2 is 1.61 bits per heavy atom. The Labute approximate surface area is 114 Å². The van der Waals surface area contributed by atoms with Crippen LogP contribution in [0.3, 0.4) is 0 Å². The minimum Gasteiger partial charge on any atom is -0.420 e. The van der Waals surface area contributed by atoms with Crippen molar-refractivity contribution in [2.45, 2.75) is 50.0 Å². The van der Waals surface area contributed by atoms with Crippen LogP contribution >= 0.6 is 0 Å². The van der Waals surface area contributed by atoms with Gasteiger partial charge in [-0.1, -0.05) is 12.8 Å². The van der Waals surface area contributed by atoms with E-state index in [1.165, 1.54) is 25.7 Å². The average molecular weight is 289 g/mol. The molecule has 2 bridgehead atoms. The van der Waals surface area contributed by atoms with E-state index in [1.54, 1.807) is 14.2 Å². The quantitative estimate of drug-likeness (QED) is 0.702. The lowest BCUT2D eigenvalue weighted by molar-refractivity contribution is 0.249. The van der Waals surface area contributed by atoms with E-state index >= 15 is 0 Å². The molecule has 0 aromatic heterocycles. The lowest BCUT2D eigenvalue weighted by Gasteiger charge is -2.40. The minimum absolute atomic E-state index is 0.832. The molecule has 106 valence electrons. The molecule has 0 aliphatic heterocycles. The number of hydrogen-bond donors (Lipinski definition) is 0. The van der Waals surface area contributed by atoms with Crippen molar-refractivity contribution < 1.29 is 13.3 Å². The fraction of sp³-hybridized carbons (Fsp3) is 1.00. The number of hydrogen-bond acceptors (Lipinski definition) is 3. The van der Waals surface area contributed by atoms with E-state index < -0.39 is 16.9 Å². The molecule has 2 aliphatic carbocycles. The van der Waals surface area contributed by atoms with Crippen LogP contribution in [0.25, 0.3) is 0 Å². The van der Waals surface area contributed by atoms with Crippen LogP contribution in [0, 0.1) is 11.8 Å². The van der Waals surface area contributed by atoms with Gasteiger partial charge >= 0.3 is 8.56 Å². The highest BCUT2D eigenvalue weighted by Crippen LogP contribution is 2.56. The van der Waals surface area contributed by atoms with Gasteiger partial charge in [-0.2, -0.15) is 0 Å². The van der Waals surface area contributed by atoms with E-state index in [0.29, 0.717) is 0 Å². The van der Waals surface area contributed by atoms with Crippen LogP contribution in [-0.4, -0.2) is 38.2 Å². The predicted octanol–water partition coefficient (Wildman–Crippen LogP) is 3.30. The molecule has 18 heavy (non-hydrogen) atoms. The van der Waals surface area contributed by atoms with Gasteiger partial charge in [0.2, 0.25) is 0 Å². The smallest absolute Gasteiger partial charge is 0.333 e. The van der Waals surface area contributed by atoms with E-state index in [4.69, 9.17) is 13.3 Å². The third-order valence-electron chi connectivity index (χ3n) is 5.52. The first-order valence-corrected chi connectivity index (χ1v) is 12.3. The summed E-state index contributed by atoms with van der Waals surface area (Å²) in [5, 5.41) is 0. The fourth-order valence-electron chi connectivity index (χ4n) is 4.21. The zero-order valence-electron chi connectivity index (χ0n) is 12.5. The molecule has 2 fully saturated rings. The maximum atomic E-state index is 6.09. The van der Waals surface area contributed by atoms with Gasteiger partial charge in [0.15, 0.2) is 8.32 Å². The van der Waals surface area contributed by atoms with Crippen molar-refractivity contribution in [3.8, 4) is 0 Å². The van der Waals surface area contributed by atoms with Gasteiger partial charge in [-0.25, -0.2) is 0 Å². The molecule has 4 unspecified atom stereocenters. The summed E-state index contributed by atoms with van der Waals surface area (Å²) in [7, 11) is 1.78. The molecule has 0 saturated heterocycles. The molecule has 0 aromatic rings. The molecule has 5 heteroatoms. The van der Waals surface area contributed by atoms with Gasteiger partial charge in [-0.05, 0) is 43.3 Å². The van der Waals surface area contributed by atoms with Gasteiger partial charge in [0, 0.05) is 27.0 Å². The molecule has 2 rings (SSSR count). The third-order valence-corrected chi connectivity index (χ3v) is 15.8. The van der Waals surface area contributed by atoms with Crippen LogP contribution in [0.1, 0.15) is 25.7 Å². The van der Waals surface area contributed by atoms with Crippen molar-refractivity contribution in [2.24, 2.45) is 11.8 Å². The molecule has 0 amide bonds. The third kappa shape index (κ3) is 2.61. The first kappa shape index (κ1) is 14.7. The fourth-order valence-corrected chi connectivity index (χ4v) is 14.7. The van der Waals surface area contributed by atoms with Crippen LogP contribution in [0.15, 0.2) is 0 Å². The normalized spacial score (nSPS) is 34.8. The van der Waals surface area contributed by atoms with Gasteiger partial charge in [-0.15, -0.1) is 0 Å². The maximum absolute atomic E-state index is 6.09. The van der Waals surface area contributed by atoms with Crippen molar-refractivity contribution in [3.05, 3.63) is 0 Å². The van der Waals surface area contributed by atoms with Gasteiger partial charge < -0.3 is 13.3 Å². The van der Waals surface area contributed by atoms with Gasteiger partial charge in [0.25, 0.3) is 0 Å². The second kappa shape index (κ2) is 5.36. The highest BCUT2D eigenvalue weighted by molar-refractivity contribution is 6.88. The molecule has 4 atom stereocenters. The summed E-state index contributed by atoms with van der Waals surface area (Å²) in [6.07, 6.45) is 5.74. The summed E-state index contributed by atoms with van der Waals surface area (Å²) < 4.78 is 17.5. The van der Waals surface area contributed by atoms with Crippen LogP contribution in [0.5, 0.6) is 0 Å². The lowest BCUT2D eigenvalue weighted by Crippen LogP contribution is -2.52. The number of rotatable bonds is 6. The second-order valence-corrected chi connectivity index (χ2v) is 14.8. The summed E-state index contributed by atoms with van der Waals surface area (Å²) in [6.45, 7) is 4.58. The van der Waals surface area contributed by atoms with Gasteiger partial charge in [0.05, 0.1) is 0 Å². The Balaban J connectivity index is 2.10. The molecular formula is C13H28O3Si2. The second-order valence-electron chi connectivity index (χ2n) is 6.52. The molecule has 2 aliphatic rings. The Kier molecular flexibility index (Phi) is 4.38. The zero-order chi connectivity index (χ0) is 13.4. The van der Waals surface area contributed by atoms with Crippen LogP contribution in [-0.2, 0) is 13.3 Å². The topological polar surface area (TPSA) is 27.7 Å². The Hall–Kier alpha value is 0.314. The van der Waals surface area contributed by atoms with Gasteiger partial charge in [-0.3, -0.25) is 0 Å². The highest BCUT2D eigenvalue weighted by Gasteiger charge is 2.54. The molecule has 0 N–H and O–H groups in total. The standard InChI is InChI=1S/C13H28O3Si2/c1-14-17(4,10-18(5,15-2)16-3)13-9-11-6-7-12(13)8-11/h11-13H,6-10H2,1-5H3. The first-order chi connectivity index (χ1) is 8.46. The minimum atomic E-state index is -2.01. The van der Waals surface area contributed by atoms with Gasteiger partial charge in [0.1, 0.15) is 0 Å². The van der Waals surface area contributed by atoms with Crippen molar-refractivity contribution in [1.29, 1.82) is 0 Å². The number of fused-ring (bicyclic) bond motifs is 2. The van der Waals surface area contributed by atoms with Crippen LogP contribution in [0.2, 0.25) is 24.3 Å². The maximum Gasteiger partial charge on any atom is 0.333 e. The van der Waals surface area contributed by atoms with E-state index in [-0.39, 0.29) is 0 Å². The van der Waals surface area contributed by atoms with Crippen LogP contribution < -0.4 is 0 Å². The molecule has 2 saturated carbocycles. The SMILES string of the molecule is CO[Si](C)(C[Si](C)(OC)C1CC2CCC1C2)OC. The molecule has 3 nitrogen and oxygen atoms in total. The van der Waals surface area contributed by atoms with Crippen molar-refractivity contribution >= 4 is 16.9 Å². The highest BCUT2D eigenvalue weighted by atomic mass is 28.4. The van der Waals surface area contributed by atoms with E-state index in [1.807, 2.05) is 7.11 Å². The van der Waals surface area contributed by atoms with Crippen molar-refractivity contribution in [3.63, 3.8) is 0 Å². The Bertz CT molecular complexity index is 296. The van der Waals surface area contributed by atoms with Crippen LogP contribution in [0.4, 0.5) is 0 Å². The molecular weight excluding hydrogens is 260 g/mol. The summed E-state index contributed by atoms with van der Waals surface area (Å²) >= 11 is 0.